The number of H-pyrrole nitrogens is 2. The summed E-state index contributed by atoms with van der Waals surface area (Å²) in [6, 6.07) is 13.7. The summed E-state index contributed by atoms with van der Waals surface area (Å²) in [5.41, 5.74) is 3.32. The minimum atomic E-state index is -0.195. The van der Waals surface area contributed by atoms with Crippen LogP contribution in [0.5, 0.6) is 5.75 Å². The molecule has 0 saturated heterocycles. The van der Waals surface area contributed by atoms with E-state index in [9.17, 15) is 15.0 Å². The van der Waals surface area contributed by atoms with Gasteiger partial charge in [-0.25, -0.2) is 0 Å². The molecule has 0 unspecified atom stereocenters. The quantitative estimate of drug-likeness (QED) is 0.459. The molecule has 0 aliphatic rings. The third-order valence-electron chi connectivity index (χ3n) is 4.02. The molecular weight excluding hydrogens is 292 g/mol. The molecule has 0 amide bonds. The van der Waals surface area contributed by atoms with Crippen molar-refractivity contribution in [1.82, 2.24) is 9.97 Å². The lowest BCUT2D eigenvalue weighted by molar-refractivity contribution is 0.278. The molecule has 4 N–H and O–H groups in total. The number of aromatic amines is 2. The second-order valence-corrected chi connectivity index (χ2v) is 5.46. The topological polar surface area (TPSA) is 89.1 Å². The summed E-state index contributed by atoms with van der Waals surface area (Å²) in [6.45, 7) is -0.195. The van der Waals surface area contributed by atoms with Crippen molar-refractivity contribution in [1.29, 1.82) is 0 Å². The fourth-order valence-corrected chi connectivity index (χ4v) is 2.99. The van der Waals surface area contributed by atoms with Crippen LogP contribution in [0.1, 0.15) is 5.69 Å². The van der Waals surface area contributed by atoms with Crippen LogP contribution in [-0.4, -0.2) is 20.2 Å². The number of hydrogen-bond acceptors (Lipinski definition) is 3. The van der Waals surface area contributed by atoms with Gasteiger partial charge in [0.15, 0.2) is 5.43 Å². The summed E-state index contributed by atoms with van der Waals surface area (Å²) < 4.78 is 0. The summed E-state index contributed by atoms with van der Waals surface area (Å²) in [5, 5.41) is 20.8. The number of aromatic hydroxyl groups is 1. The summed E-state index contributed by atoms with van der Waals surface area (Å²) in [5.74, 6) is 0.130. The van der Waals surface area contributed by atoms with Crippen molar-refractivity contribution in [2.45, 2.75) is 6.61 Å². The van der Waals surface area contributed by atoms with E-state index in [1.807, 2.05) is 18.2 Å². The number of para-hydroxylation sites is 1. The molecule has 114 valence electrons. The van der Waals surface area contributed by atoms with Gasteiger partial charge in [-0.15, -0.1) is 0 Å². The smallest absolute Gasteiger partial charge is 0.190 e. The van der Waals surface area contributed by atoms with Crippen molar-refractivity contribution in [3.8, 4) is 17.0 Å². The Balaban J connectivity index is 2.09. The minimum absolute atomic E-state index is 0.0901. The highest BCUT2D eigenvalue weighted by molar-refractivity contribution is 5.98. The number of nitrogens with one attached hydrogen (secondary N) is 2. The number of aliphatic hydroxyl groups excluding tert-OH is 1. The van der Waals surface area contributed by atoms with Gasteiger partial charge in [-0.05, 0) is 30.3 Å². The molecule has 23 heavy (non-hydrogen) atoms. The summed E-state index contributed by atoms with van der Waals surface area (Å²) in [7, 11) is 0. The van der Waals surface area contributed by atoms with Crippen LogP contribution in [-0.2, 0) is 6.61 Å². The zero-order valence-electron chi connectivity index (χ0n) is 12.1. The van der Waals surface area contributed by atoms with Crippen LogP contribution in [0.3, 0.4) is 0 Å². The first-order chi connectivity index (χ1) is 11.2. The molecule has 0 saturated carbocycles. The van der Waals surface area contributed by atoms with Gasteiger partial charge in [0.1, 0.15) is 5.75 Å². The van der Waals surface area contributed by atoms with E-state index in [4.69, 9.17) is 0 Å². The largest absolute Gasteiger partial charge is 0.508 e. The van der Waals surface area contributed by atoms with Gasteiger partial charge in [-0.1, -0.05) is 12.1 Å². The monoisotopic (exact) mass is 306 g/mol. The van der Waals surface area contributed by atoms with E-state index in [1.165, 1.54) is 6.07 Å². The number of hydrogen-bond donors (Lipinski definition) is 4. The van der Waals surface area contributed by atoms with Gasteiger partial charge in [0.05, 0.1) is 18.0 Å². The number of aliphatic hydroxyl groups is 1. The average Bonchev–Trinajstić information content (AvgIpc) is 2.92. The van der Waals surface area contributed by atoms with Crippen molar-refractivity contribution in [3.63, 3.8) is 0 Å². The second kappa shape index (κ2) is 5.00. The van der Waals surface area contributed by atoms with Crippen LogP contribution in [0.15, 0.2) is 53.3 Å². The molecule has 0 fully saturated rings. The lowest BCUT2D eigenvalue weighted by atomic mass is 10.0. The van der Waals surface area contributed by atoms with E-state index in [0.717, 1.165) is 16.4 Å². The van der Waals surface area contributed by atoms with Crippen LogP contribution < -0.4 is 5.43 Å². The van der Waals surface area contributed by atoms with E-state index in [2.05, 4.69) is 9.97 Å². The lowest BCUT2D eigenvalue weighted by Gasteiger charge is -2.06. The Kier molecular flexibility index (Phi) is 2.96. The Labute approximate surface area is 130 Å². The van der Waals surface area contributed by atoms with Crippen molar-refractivity contribution in [2.24, 2.45) is 0 Å². The first-order valence-electron chi connectivity index (χ1n) is 7.24. The highest BCUT2D eigenvalue weighted by Crippen LogP contribution is 2.33. The number of phenolic OH excluding ortho intramolecular Hbond substituents is 1. The van der Waals surface area contributed by atoms with Crippen LogP contribution >= 0.6 is 0 Å². The normalized spacial score (nSPS) is 11.3. The predicted molar refractivity (Wildman–Crippen MR) is 89.4 cm³/mol. The Bertz CT molecular complexity index is 1090. The molecule has 0 radical (unpaired) electrons. The third-order valence-corrected chi connectivity index (χ3v) is 4.02. The third kappa shape index (κ3) is 2.10. The van der Waals surface area contributed by atoms with Crippen molar-refractivity contribution >= 4 is 21.8 Å². The highest BCUT2D eigenvalue weighted by Gasteiger charge is 2.15. The molecule has 4 aromatic rings. The number of rotatable bonds is 2. The van der Waals surface area contributed by atoms with E-state index < -0.39 is 0 Å². The highest BCUT2D eigenvalue weighted by atomic mass is 16.3. The Morgan fingerprint density at radius 1 is 0.913 bits per heavy atom. The van der Waals surface area contributed by atoms with Crippen LogP contribution in [0.25, 0.3) is 33.1 Å². The molecule has 0 bridgehead atoms. The Morgan fingerprint density at radius 3 is 2.52 bits per heavy atom. The van der Waals surface area contributed by atoms with Crippen LogP contribution in [0, 0.1) is 0 Å². The number of fused-ring (bicyclic) bond motifs is 2. The number of benzene rings is 2. The lowest BCUT2D eigenvalue weighted by Crippen LogP contribution is -2.03. The van der Waals surface area contributed by atoms with E-state index in [-0.39, 0.29) is 17.8 Å². The summed E-state index contributed by atoms with van der Waals surface area (Å²) >= 11 is 0. The van der Waals surface area contributed by atoms with Crippen LogP contribution in [0.2, 0.25) is 0 Å². The summed E-state index contributed by atoms with van der Waals surface area (Å²) in [6.07, 6.45) is 0. The van der Waals surface area contributed by atoms with Gasteiger partial charge in [0, 0.05) is 33.4 Å². The fourth-order valence-electron chi connectivity index (χ4n) is 2.99. The molecule has 0 spiro atoms. The molecule has 5 nitrogen and oxygen atoms in total. The van der Waals surface area contributed by atoms with Crippen molar-refractivity contribution in [3.05, 3.63) is 64.4 Å². The van der Waals surface area contributed by atoms with Gasteiger partial charge in [0.25, 0.3) is 0 Å². The number of phenols is 1. The molecule has 0 atom stereocenters. The van der Waals surface area contributed by atoms with E-state index in [1.54, 1.807) is 24.3 Å². The summed E-state index contributed by atoms with van der Waals surface area (Å²) in [4.78, 5) is 18.7. The van der Waals surface area contributed by atoms with Gasteiger partial charge in [0.2, 0.25) is 0 Å². The first-order valence-corrected chi connectivity index (χ1v) is 7.24. The van der Waals surface area contributed by atoms with Gasteiger partial charge in [-0.3, -0.25) is 4.79 Å². The van der Waals surface area contributed by atoms with Gasteiger partial charge < -0.3 is 20.2 Å². The molecule has 0 aliphatic heterocycles. The Morgan fingerprint density at radius 2 is 1.70 bits per heavy atom. The van der Waals surface area contributed by atoms with Crippen LogP contribution in [0.4, 0.5) is 0 Å². The first kappa shape index (κ1) is 13.6. The van der Waals surface area contributed by atoms with Gasteiger partial charge in [-0.2, -0.15) is 0 Å². The van der Waals surface area contributed by atoms with Gasteiger partial charge >= 0.3 is 0 Å². The molecule has 2 aromatic carbocycles. The maximum Gasteiger partial charge on any atom is 0.190 e. The van der Waals surface area contributed by atoms with E-state index in [0.29, 0.717) is 22.3 Å². The SMILES string of the molecule is O=c1cc(-c2c(CO)[nH]c3ccc(O)cc23)[nH]c2ccccc12. The minimum Gasteiger partial charge on any atom is -0.508 e. The molecule has 2 heterocycles. The van der Waals surface area contributed by atoms with E-state index >= 15 is 0 Å². The molecular formula is C18H14N2O3. The predicted octanol–water partition coefficient (Wildman–Crippen LogP) is 2.87. The second-order valence-electron chi connectivity index (χ2n) is 5.46. The zero-order chi connectivity index (χ0) is 16.0. The Hall–Kier alpha value is -3.05. The molecule has 0 aliphatic carbocycles. The molecule has 4 rings (SSSR count). The molecule has 2 aromatic heterocycles. The van der Waals surface area contributed by atoms with Crippen molar-refractivity contribution < 1.29 is 10.2 Å². The zero-order valence-corrected chi connectivity index (χ0v) is 12.1. The average molecular weight is 306 g/mol. The van der Waals surface area contributed by atoms with Crippen molar-refractivity contribution in [2.75, 3.05) is 0 Å². The number of aromatic nitrogens is 2. The standard InChI is InChI=1S/C18H14N2O3/c21-9-16-18(12-7-10(22)5-6-14(12)20-16)15-8-17(23)11-3-1-2-4-13(11)19-15/h1-8,20-22H,9H2,(H,19,23). The fraction of sp³-hybridized carbons (Fsp3) is 0.0556. The maximum absolute atomic E-state index is 12.4. The molecule has 5 heteroatoms. The maximum atomic E-state index is 12.4. The number of pyridine rings is 1.